The minimum Gasteiger partial charge on any atom is -0.506 e. The molecule has 3 nitrogen and oxygen atoms in total. The molecule has 13 heavy (non-hydrogen) atoms. The molecule has 68 valence electrons. The smallest absolute Gasteiger partial charge is 0.235 e. The van der Waals surface area contributed by atoms with Crippen LogP contribution in [0.4, 0.5) is 0 Å². The number of carbonyl (C=O) groups excluding carboxylic acids is 1. The van der Waals surface area contributed by atoms with Crippen LogP contribution in [-0.4, -0.2) is 11.2 Å². The molecule has 1 aromatic rings. The van der Waals surface area contributed by atoms with E-state index in [1.807, 2.05) is 13.0 Å². The highest BCUT2D eigenvalue weighted by Gasteiger charge is 2.06. The van der Waals surface area contributed by atoms with Crippen molar-refractivity contribution in [1.29, 1.82) is 0 Å². The third kappa shape index (κ3) is 2.17. The van der Waals surface area contributed by atoms with Crippen LogP contribution in [0.3, 0.4) is 0 Å². The first-order valence-corrected chi connectivity index (χ1v) is 4.46. The van der Waals surface area contributed by atoms with E-state index in [0.29, 0.717) is 10.0 Å². The summed E-state index contributed by atoms with van der Waals surface area (Å²) in [5, 5.41) is 9.57. The second-order valence-electron chi connectivity index (χ2n) is 2.61. The summed E-state index contributed by atoms with van der Waals surface area (Å²) in [6.07, 6.45) is 1.43. The molecular weight excluding hydrogens is 234 g/mol. The van der Waals surface area contributed by atoms with Gasteiger partial charge in [0.2, 0.25) is 6.08 Å². The number of rotatable bonds is 2. The van der Waals surface area contributed by atoms with Crippen molar-refractivity contribution in [3.05, 3.63) is 27.7 Å². The molecule has 1 rings (SSSR count). The van der Waals surface area contributed by atoms with Crippen LogP contribution < -0.4 is 0 Å². The van der Waals surface area contributed by atoms with Gasteiger partial charge in [-0.15, -0.1) is 0 Å². The lowest BCUT2D eigenvalue weighted by atomic mass is 10.1. The molecule has 0 aromatic heterocycles. The fourth-order valence-electron chi connectivity index (χ4n) is 0.950. The Bertz CT molecular complexity index is 370. The fraction of sp³-hybridized carbons (Fsp3) is 0.222. The molecule has 0 bridgehead atoms. The minimum atomic E-state index is 0.138. The lowest BCUT2D eigenvalue weighted by Crippen LogP contribution is -1.86. The zero-order valence-electron chi connectivity index (χ0n) is 7.04. The first-order valence-electron chi connectivity index (χ1n) is 3.67. The van der Waals surface area contributed by atoms with Crippen LogP contribution in [0.1, 0.15) is 11.1 Å². The number of phenolic OH excluding ortho intramolecular Hbond substituents is 1. The number of halogens is 1. The topological polar surface area (TPSA) is 49.7 Å². The van der Waals surface area contributed by atoms with Crippen LogP contribution in [0.25, 0.3) is 0 Å². The second-order valence-corrected chi connectivity index (χ2v) is 3.40. The third-order valence-corrected chi connectivity index (χ3v) is 2.71. The van der Waals surface area contributed by atoms with Crippen molar-refractivity contribution in [2.75, 3.05) is 0 Å². The van der Waals surface area contributed by atoms with Gasteiger partial charge in [-0.3, -0.25) is 0 Å². The third-order valence-electron chi connectivity index (χ3n) is 1.71. The van der Waals surface area contributed by atoms with E-state index >= 15 is 0 Å². The van der Waals surface area contributed by atoms with Gasteiger partial charge in [-0.25, -0.2) is 9.79 Å². The molecule has 1 N–H and O–H groups in total. The van der Waals surface area contributed by atoms with Crippen LogP contribution in [-0.2, 0) is 11.3 Å². The Balaban J connectivity index is 3.10. The van der Waals surface area contributed by atoms with E-state index in [1.165, 1.54) is 6.08 Å². The number of hydrogen-bond acceptors (Lipinski definition) is 3. The predicted octanol–water partition coefficient (Wildman–Crippen LogP) is 2.30. The maximum Gasteiger partial charge on any atom is 0.235 e. The maximum atomic E-state index is 9.86. The van der Waals surface area contributed by atoms with E-state index in [-0.39, 0.29) is 12.3 Å². The van der Waals surface area contributed by atoms with Crippen LogP contribution in [0, 0.1) is 6.92 Å². The molecule has 0 aliphatic rings. The first kappa shape index (κ1) is 9.96. The summed E-state index contributed by atoms with van der Waals surface area (Å²) in [6.45, 7) is 2.03. The summed E-state index contributed by atoms with van der Waals surface area (Å²) >= 11 is 3.23. The van der Waals surface area contributed by atoms with Gasteiger partial charge in [0.15, 0.2) is 0 Å². The van der Waals surface area contributed by atoms with E-state index in [2.05, 4.69) is 20.9 Å². The standard InChI is InChI=1S/C9H8BrNO2/c1-6-2-3-7(4-11-5-12)9(13)8(6)10/h2-3,13H,4H2,1H3. The normalized spacial score (nSPS) is 9.38. The van der Waals surface area contributed by atoms with E-state index in [4.69, 9.17) is 0 Å². The number of benzene rings is 1. The summed E-state index contributed by atoms with van der Waals surface area (Å²) in [5.41, 5.74) is 1.55. The average molecular weight is 242 g/mol. The van der Waals surface area contributed by atoms with Gasteiger partial charge in [-0.2, -0.15) is 0 Å². The number of phenols is 1. The van der Waals surface area contributed by atoms with Crippen molar-refractivity contribution in [2.45, 2.75) is 13.5 Å². The van der Waals surface area contributed by atoms with Crippen LogP contribution in [0.5, 0.6) is 5.75 Å². The number of isocyanates is 1. The Labute approximate surface area is 84.2 Å². The van der Waals surface area contributed by atoms with Crippen LogP contribution in [0.2, 0.25) is 0 Å². The van der Waals surface area contributed by atoms with E-state index in [9.17, 15) is 9.90 Å². The highest BCUT2D eigenvalue weighted by Crippen LogP contribution is 2.31. The van der Waals surface area contributed by atoms with Gasteiger partial charge in [-0.05, 0) is 28.4 Å². The second kappa shape index (κ2) is 4.21. The number of aryl methyl sites for hydroxylation is 1. The predicted molar refractivity (Wildman–Crippen MR) is 52.4 cm³/mol. The molecule has 1 aromatic carbocycles. The van der Waals surface area contributed by atoms with Crippen molar-refractivity contribution in [2.24, 2.45) is 4.99 Å². The Hall–Kier alpha value is -1.12. The van der Waals surface area contributed by atoms with Crippen molar-refractivity contribution < 1.29 is 9.90 Å². The molecule has 0 fully saturated rings. The zero-order valence-corrected chi connectivity index (χ0v) is 8.63. The Morgan fingerprint density at radius 2 is 2.31 bits per heavy atom. The SMILES string of the molecule is Cc1ccc(CN=C=O)c(O)c1Br. The molecule has 0 unspecified atom stereocenters. The maximum absolute atomic E-state index is 9.86. The van der Waals surface area contributed by atoms with Gasteiger partial charge in [0.05, 0.1) is 11.0 Å². The molecule has 0 saturated carbocycles. The summed E-state index contributed by atoms with van der Waals surface area (Å²) < 4.78 is 0.645. The van der Waals surface area contributed by atoms with Gasteiger partial charge in [0.25, 0.3) is 0 Å². The van der Waals surface area contributed by atoms with E-state index < -0.39 is 0 Å². The average Bonchev–Trinajstić information content (AvgIpc) is 2.13. The first-order chi connectivity index (χ1) is 6.16. The van der Waals surface area contributed by atoms with Crippen molar-refractivity contribution >= 4 is 22.0 Å². The molecule has 0 heterocycles. The Morgan fingerprint density at radius 1 is 1.62 bits per heavy atom. The minimum absolute atomic E-state index is 0.138. The molecule has 0 atom stereocenters. The number of aromatic hydroxyl groups is 1. The molecule has 0 radical (unpaired) electrons. The van der Waals surface area contributed by atoms with Gasteiger partial charge >= 0.3 is 0 Å². The van der Waals surface area contributed by atoms with Crippen LogP contribution in [0.15, 0.2) is 21.6 Å². The molecule has 4 heteroatoms. The van der Waals surface area contributed by atoms with E-state index in [0.717, 1.165) is 5.56 Å². The molecular formula is C9H8BrNO2. The summed E-state index contributed by atoms with van der Waals surface area (Å²) in [6, 6.07) is 3.58. The zero-order chi connectivity index (χ0) is 9.84. The summed E-state index contributed by atoms with van der Waals surface area (Å²) in [5.74, 6) is 0.138. The fourth-order valence-corrected chi connectivity index (χ4v) is 1.34. The molecule has 0 amide bonds. The van der Waals surface area contributed by atoms with E-state index in [1.54, 1.807) is 6.07 Å². The quantitative estimate of drug-likeness (QED) is 0.638. The molecule has 0 spiro atoms. The summed E-state index contributed by atoms with van der Waals surface area (Å²) in [4.78, 5) is 13.2. The van der Waals surface area contributed by atoms with Crippen molar-refractivity contribution in [3.63, 3.8) is 0 Å². The highest BCUT2D eigenvalue weighted by molar-refractivity contribution is 9.10. The molecule has 0 aliphatic carbocycles. The summed E-state index contributed by atoms with van der Waals surface area (Å²) in [7, 11) is 0. The van der Waals surface area contributed by atoms with Gasteiger partial charge in [0.1, 0.15) is 5.75 Å². The monoisotopic (exact) mass is 241 g/mol. The number of hydrogen-bond donors (Lipinski definition) is 1. The number of nitrogens with zero attached hydrogens (tertiary/aromatic N) is 1. The molecule has 0 aliphatic heterocycles. The molecule has 0 saturated heterocycles. The Morgan fingerprint density at radius 3 is 2.92 bits per heavy atom. The largest absolute Gasteiger partial charge is 0.506 e. The lowest BCUT2D eigenvalue weighted by molar-refractivity contribution is 0.464. The Kier molecular flexibility index (Phi) is 3.23. The van der Waals surface area contributed by atoms with Gasteiger partial charge in [-0.1, -0.05) is 12.1 Å². The highest BCUT2D eigenvalue weighted by atomic mass is 79.9. The van der Waals surface area contributed by atoms with Crippen molar-refractivity contribution in [3.8, 4) is 5.75 Å². The van der Waals surface area contributed by atoms with Crippen LogP contribution >= 0.6 is 15.9 Å². The van der Waals surface area contributed by atoms with Gasteiger partial charge in [0, 0.05) is 5.56 Å². The lowest BCUT2D eigenvalue weighted by Gasteiger charge is -2.05. The van der Waals surface area contributed by atoms with Gasteiger partial charge < -0.3 is 5.11 Å². The van der Waals surface area contributed by atoms with Crippen molar-refractivity contribution in [1.82, 2.24) is 0 Å². The number of aliphatic imine (C=N–C) groups is 1.